The smallest absolute Gasteiger partial charge is 0.346 e. The molecule has 0 spiro atoms. The molecule has 10 heteroatoms. The van der Waals surface area contributed by atoms with Crippen molar-refractivity contribution in [3.63, 3.8) is 0 Å². The van der Waals surface area contributed by atoms with E-state index in [1.807, 2.05) is 32.2 Å². The second kappa shape index (κ2) is 8.83. The minimum Gasteiger partial charge on any atom is -0.477 e. The molecule has 3 aromatic rings. The summed E-state index contributed by atoms with van der Waals surface area (Å²) in [4.78, 5) is 20.7. The highest BCUT2D eigenvalue weighted by Crippen LogP contribution is 2.49. The third-order valence-corrected chi connectivity index (χ3v) is 8.60. The number of carboxylic acids is 1. The fraction of sp³-hybridized carbons (Fsp3) is 0.385. The van der Waals surface area contributed by atoms with Crippen LogP contribution in [0.1, 0.15) is 46.6 Å². The molecule has 3 aliphatic rings. The third-order valence-electron chi connectivity index (χ3n) is 7.33. The first-order valence-electron chi connectivity index (χ1n) is 12.0. The molecule has 0 amide bonds. The summed E-state index contributed by atoms with van der Waals surface area (Å²) in [5.74, 6) is 0.0796. The molecule has 0 aliphatic carbocycles. The van der Waals surface area contributed by atoms with Gasteiger partial charge in [0.1, 0.15) is 21.7 Å². The fourth-order valence-electron chi connectivity index (χ4n) is 5.33. The molecule has 6 rings (SSSR count). The van der Waals surface area contributed by atoms with Gasteiger partial charge in [-0.3, -0.25) is 9.88 Å². The third kappa shape index (κ3) is 4.05. The van der Waals surface area contributed by atoms with Gasteiger partial charge in [0.2, 0.25) is 0 Å². The number of likely N-dealkylation sites (tertiary alicyclic amines) is 1. The van der Waals surface area contributed by atoms with Crippen molar-refractivity contribution in [2.45, 2.75) is 37.6 Å². The molecule has 1 aromatic carbocycles. The number of para-hydroxylation sites is 1. The number of fused-ring (bicyclic) bond motifs is 2. The SMILES string of the molecule is CN1c2cc(C(=O)O)sc2NC1CN1CCC(c2cccc3c2O[C@](C)(c2ccc(Cl)cn2)O3)CC1. The molecule has 0 bridgehead atoms. The highest BCUT2D eigenvalue weighted by atomic mass is 35.5. The summed E-state index contributed by atoms with van der Waals surface area (Å²) >= 11 is 7.31. The molecule has 5 heterocycles. The molecule has 2 atom stereocenters. The Morgan fingerprint density at radius 1 is 1.28 bits per heavy atom. The van der Waals surface area contributed by atoms with Gasteiger partial charge in [-0.1, -0.05) is 23.7 Å². The first-order chi connectivity index (χ1) is 17.3. The van der Waals surface area contributed by atoms with Crippen LogP contribution in [0.5, 0.6) is 11.5 Å². The van der Waals surface area contributed by atoms with Gasteiger partial charge in [0, 0.05) is 32.3 Å². The first kappa shape index (κ1) is 23.4. The van der Waals surface area contributed by atoms with E-state index >= 15 is 0 Å². The minimum absolute atomic E-state index is 0.135. The van der Waals surface area contributed by atoms with Crippen molar-refractivity contribution in [1.82, 2.24) is 9.88 Å². The van der Waals surface area contributed by atoms with Crippen LogP contribution in [0.25, 0.3) is 0 Å². The molecule has 2 aromatic heterocycles. The molecule has 3 aliphatic heterocycles. The van der Waals surface area contributed by atoms with Crippen molar-refractivity contribution in [3.05, 3.63) is 63.8 Å². The molecular formula is C26H27ClN4O4S. The molecule has 8 nitrogen and oxygen atoms in total. The average molecular weight is 527 g/mol. The van der Waals surface area contributed by atoms with E-state index in [1.54, 1.807) is 18.3 Å². The van der Waals surface area contributed by atoms with Crippen LogP contribution < -0.4 is 19.7 Å². The van der Waals surface area contributed by atoms with E-state index in [1.165, 1.54) is 16.9 Å². The molecule has 0 saturated carbocycles. The number of ether oxygens (including phenoxy) is 2. The second-order valence-corrected chi connectivity index (χ2v) is 11.2. The number of benzene rings is 1. The van der Waals surface area contributed by atoms with E-state index < -0.39 is 11.8 Å². The van der Waals surface area contributed by atoms with E-state index in [2.05, 4.69) is 26.2 Å². The van der Waals surface area contributed by atoms with E-state index in [0.29, 0.717) is 21.5 Å². The van der Waals surface area contributed by atoms with Crippen molar-refractivity contribution in [2.75, 3.05) is 36.9 Å². The summed E-state index contributed by atoms with van der Waals surface area (Å²) in [6.07, 6.45) is 3.79. The summed E-state index contributed by atoms with van der Waals surface area (Å²) in [5.41, 5.74) is 2.83. The quantitative estimate of drug-likeness (QED) is 0.469. The Bertz CT molecular complexity index is 1310. The number of hydrogen-bond acceptors (Lipinski definition) is 8. The molecule has 1 unspecified atom stereocenters. The maximum atomic E-state index is 11.3. The van der Waals surface area contributed by atoms with Gasteiger partial charge in [0.15, 0.2) is 11.5 Å². The Morgan fingerprint density at radius 2 is 2.08 bits per heavy atom. The largest absolute Gasteiger partial charge is 0.477 e. The fourth-order valence-corrected chi connectivity index (χ4v) is 6.42. The number of halogens is 1. The van der Waals surface area contributed by atoms with Crippen LogP contribution in [0.4, 0.5) is 10.7 Å². The van der Waals surface area contributed by atoms with Gasteiger partial charge in [-0.05, 0) is 56.1 Å². The highest BCUT2D eigenvalue weighted by molar-refractivity contribution is 7.18. The number of anilines is 2. The van der Waals surface area contributed by atoms with Crippen LogP contribution in [0.3, 0.4) is 0 Å². The van der Waals surface area contributed by atoms with Crippen LogP contribution in [0, 0.1) is 0 Å². The Balaban J connectivity index is 1.10. The zero-order valence-electron chi connectivity index (χ0n) is 20.0. The van der Waals surface area contributed by atoms with Gasteiger partial charge in [-0.2, -0.15) is 0 Å². The molecule has 0 radical (unpaired) electrons. The zero-order chi connectivity index (χ0) is 25.0. The number of likely N-dealkylation sites (N-methyl/N-ethyl adjacent to an activating group) is 1. The lowest BCUT2D eigenvalue weighted by Crippen LogP contribution is -2.46. The predicted octanol–water partition coefficient (Wildman–Crippen LogP) is 5.21. The highest BCUT2D eigenvalue weighted by Gasteiger charge is 2.42. The van der Waals surface area contributed by atoms with Crippen LogP contribution in [0.15, 0.2) is 42.6 Å². The van der Waals surface area contributed by atoms with Crippen LogP contribution in [-0.2, 0) is 5.79 Å². The Kier molecular flexibility index (Phi) is 5.74. The van der Waals surface area contributed by atoms with Crippen LogP contribution >= 0.6 is 22.9 Å². The predicted molar refractivity (Wildman–Crippen MR) is 140 cm³/mol. The van der Waals surface area contributed by atoms with Gasteiger partial charge in [0.05, 0.1) is 10.7 Å². The number of aromatic carboxylic acids is 1. The number of carboxylic acid groups (broad SMARTS) is 1. The Hall–Kier alpha value is -3.01. The maximum absolute atomic E-state index is 11.3. The van der Waals surface area contributed by atoms with Crippen LogP contribution in [0.2, 0.25) is 5.02 Å². The van der Waals surface area contributed by atoms with E-state index in [9.17, 15) is 9.90 Å². The summed E-state index contributed by atoms with van der Waals surface area (Å²) in [7, 11) is 2.02. The number of aromatic nitrogens is 1. The summed E-state index contributed by atoms with van der Waals surface area (Å²) < 4.78 is 12.6. The molecule has 1 fully saturated rings. The number of nitrogens with zero attached hydrogens (tertiary/aromatic N) is 3. The summed E-state index contributed by atoms with van der Waals surface area (Å²) in [6, 6.07) is 11.5. The van der Waals surface area contributed by atoms with E-state index in [-0.39, 0.29) is 6.17 Å². The van der Waals surface area contributed by atoms with Crippen LogP contribution in [-0.4, -0.2) is 53.8 Å². The summed E-state index contributed by atoms with van der Waals surface area (Å²) in [6.45, 7) is 4.72. The molecule has 36 heavy (non-hydrogen) atoms. The van der Waals surface area contributed by atoms with Gasteiger partial charge >= 0.3 is 5.97 Å². The number of pyridine rings is 1. The molecular weight excluding hydrogens is 500 g/mol. The number of rotatable bonds is 5. The summed E-state index contributed by atoms with van der Waals surface area (Å²) in [5, 5.41) is 14.3. The second-order valence-electron chi connectivity index (χ2n) is 9.66. The van der Waals surface area contributed by atoms with Crippen molar-refractivity contribution in [1.29, 1.82) is 0 Å². The van der Waals surface area contributed by atoms with Crippen molar-refractivity contribution < 1.29 is 19.4 Å². The topological polar surface area (TPSA) is 87.2 Å². The lowest BCUT2D eigenvalue weighted by Gasteiger charge is -2.35. The number of hydrogen-bond donors (Lipinski definition) is 2. The first-order valence-corrected chi connectivity index (χ1v) is 13.2. The minimum atomic E-state index is -0.983. The van der Waals surface area contributed by atoms with Crippen molar-refractivity contribution >= 4 is 39.6 Å². The monoisotopic (exact) mass is 526 g/mol. The number of nitrogens with one attached hydrogen (secondary N) is 1. The standard InChI is InChI=1S/C26H27ClN4O4S/c1-26(21-7-6-16(27)13-28-21)34-19-5-3-4-17(23(19)35-26)15-8-10-31(11-9-15)14-22-29-24-18(30(22)2)12-20(36-24)25(32)33/h3-7,12-13,15,22,29H,8-11,14H2,1-2H3,(H,32,33)/t22?,26-/m1/s1. The van der Waals surface area contributed by atoms with Gasteiger partial charge in [-0.15, -0.1) is 11.3 Å². The Morgan fingerprint density at radius 3 is 2.78 bits per heavy atom. The molecule has 2 N–H and O–H groups in total. The Labute approximate surface area is 218 Å². The maximum Gasteiger partial charge on any atom is 0.346 e. The average Bonchev–Trinajstić information content (AvgIpc) is 3.52. The number of carbonyl (C=O) groups is 1. The van der Waals surface area contributed by atoms with Crippen molar-refractivity contribution in [2.24, 2.45) is 0 Å². The lowest BCUT2D eigenvalue weighted by atomic mass is 9.88. The van der Waals surface area contributed by atoms with Gasteiger partial charge < -0.3 is 24.8 Å². The lowest BCUT2D eigenvalue weighted by molar-refractivity contribution is -0.0722. The zero-order valence-corrected chi connectivity index (χ0v) is 21.6. The number of piperidine rings is 1. The van der Waals surface area contributed by atoms with Crippen molar-refractivity contribution in [3.8, 4) is 11.5 Å². The molecule has 188 valence electrons. The normalized spacial score (nSPS) is 23.5. The number of thiophene rings is 1. The molecule has 1 saturated heterocycles. The van der Waals surface area contributed by atoms with E-state index in [0.717, 1.165) is 54.7 Å². The van der Waals surface area contributed by atoms with Gasteiger partial charge in [-0.25, -0.2) is 4.79 Å². The van der Waals surface area contributed by atoms with Gasteiger partial charge in [0.25, 0.3) is 5.79 Å². The van der Waals surface area contributed by atoms with E-state index in [4.69, 9.17) is 21.1 Å².